The van der Waals surface area contributed by atoms with Gasteiger partial charge in [-0.25, -0.2) is 17.5 Å². The van der Waals surface area contributed by atoms with Crippen LogP contribution >= 0.6 is 0 Å². The Balaban J connectivity index is 1.62. The number of hydrogen-bond acceptors (Lipinski definition) is 4. The van der Waals surface area contributed by atoms with Gasteiger partial charge in [0.15, 0.2) is 0 Å². The molecule has 1 saturated carbocycles. The quantitative estimate of drug-likeness (QED) is 0.649. The van der Waals surface area contributed by atoms with Crippen LogP contribution in [0.4, 0.5) is 4.79 Å². The van der Waals surface area contributed by atoms with Gasteiger partial charge in [0.1, 0.15) is 0 Å². The normalized spacial score (nSPS) is 21.2. The van der Waals surface area contributed by atoms with Gasteiger partial charge in [-0.3, -0.25) is 4.79 Å². The molecule has 0 atom stereocenters. The molecule has 2 fully saturated rings. The van der Waals surface area contributed by atoms with E-state index < -0.39 is 10.0 Å². The maximum absolute atomic E-state index is 11.9. The second-order valence-electron chi connectivity index (χ2n) is 6.67. The van der Waals surface area contributed by atoms with Gasteiger partial charge in [0, 0.05) is 25.2 Å². The SMILES string of the molecule is CS(=O)(=O)N1CCC(NC(=O)NCC(=O)NC2CCCCC2)CC1. The molecule has 0 radical (unpaired) electrons. The number of carbonyl (C=O) groups excluding carboxylic acids is 2. The highest BCUT2D eigenvalue weighted by Crippen LogP contribution is 2.17. The second-order valence-corrected chi connectivity index (χ2v) is 8.65. The number of hydrogen-bond donors (Lipinski definition) is 3. The lowest BCUT2D eigenvalue weighted by atomic mass is 9.95. The van der Waals surface area contributed by atoms with Crippen molar-refractivity contribution < 1.29 is 18.0 Å². The number of piperidine rings is 1. The highest BCUT2D eigenvalue weighted by molar-refractivity contribution is 7.88. The molecule has 2 aliphatic rings. The molecule has 8 nitrogen and oxygen atoms in total. The monoisotopic (exact) mass is 360 g/mol. The van der Waals surface area contributed by atoms with E-state index in [9.17, 15) is 18.0 Å². The molecule has 1 saturated heterocycles. The molecule has 138 valence electrons. The van der Waals surface area contributed by atoms with Crippen molar-refractivity contribution in [3.63, 3.8) is 0 Å². The van der Waals surface area contributed by atoms with Gasteiger partial charge >= 0.3 is 6.03 Å². The lowest BCUT2D eigenvalue weighted by Crippen LogP contribution is -2.50. The number of carbonyl (C=O) groups is 2. The fourth-order valence-corrected chi connectivity index (χ4v) is 4.13. The molecule has 3 N–H and O–H groups in total. The molecule has 0 unspecified atom stereocenters. The zero-order valence-corrected chi connectivity index (χ0v) is 15.0. The molecule has 1 heterocycles. The molecule has 0 bridgehead atoms. The summed E-state index contributed by atoms with van der Waals surface area (Å²) in [6.07, 6.45) is 7.89. The largest absolute Gasteiger partial charge is 0.352 e. The summed E-state index contributed by atoms with van der Waals surface area (Å²) >= 11 is 0. The van der Waals surface area contributed by atoms with Gasteiger partial charge in [-0.05, 0) is 25.7 Å². The van der Waals surface area contributed by atoms with Gasteiger partial charge < -0.3 is 16.0 Å². The first-order valence-corrected chi connectivity index (χ1v) is 10.5. The summed E-state index contributed by atoms with van der Waals surface area (Å²) in [7, 11) is -3.16. The molecular formula is C15H28N4O4S. The highest BCUT2D eigenvalue weighted by atomic mass is 32.2. The van der Waals surface area contributed by atoms with E-state index in [-0.39, 0.29) is 30.6 Å². The molecule has 9 heteroatoms. The van der Waals surface area contributed by atoms with Crippen molar-refractivity contribution in [2.24, 2.45) is 0 Å². The Hall–Kier alpha value is -1.35. The zero-order chi connectivity index (χ0) is 17.6. The minimum Gasteiger partial charge on any atom is -0.352 e. The number of amides is 3. The second kappa shape index (κ2) is 8.66. The maximum atomic E-state index is 11.9. The number of nitrogens with one attached hydrogen (secondary N) is 3. The van der Waals surface area contributed by atoms with Crippen molar-refractivity contribution in [1.82, 2.24) is 20.3 Å². The summed E-state index contributed by atoms with van der Waals surface area (Å²) < 4.78 is 24.3. The summed E-state index contributed by atoms with van der Waals surface area (Å²) in [5.74, 6) is -0.163. The van der Waals surface area contributed by atoms with Crippen LogP contribution in [0.3, 0.4) is 0 Å². The van der Waals surface area contributed by atoms with Crippen LogP contribution in [0.2, 0.25) is 0 Å². The first-order valence-electron chi connectivity index (χ1n) is 8.63. The van der Waals surface area contributed by atoms with Crippen LogP contribution in [0, 0.1) is 0 Å². The van der Waals surface area contributed by atoms with Gasteiger partial charge in [0.2, 0.25) is 15.9 Å². The third kappa shape index (κ3) is 6.27. The topological polar surface area (TPSA) is 108 Å². The molecule has 0 aromatic heterocycles. The van der Waals surface area contributed by atoms with Crippen LogP contribution in [-0.2, 0) is 14.8 Å². The van der Waals surface area contributed by atoms with E-state index >= 15 is 0 Å². The van der Waals surface area contributed by atoms with Crippen LogP contribution in [0.25, 0.3) is 0 Å². The van der Waals surface area contributed by atoms with Crippen molar-refractivity contribution in [2.75, 3.05) is 25.9 Å². The summed E-state index contributed by atoms with van der Waals surface area (Å²) in [6, 6.07) is -0.215. The van der Waals surface area contributed by atoms with Crippen molar-refractivity contribution in [2.45, 2.75) is 57.0 Å². The molecule has 0 aromatic rings. The number of rotatable bonds is 5. The third-order valence-electron chi connectivity index (χ3n) is 4.64. The average molecular weight is 360 g/mol. The van der Waals surface area contributed by atoms with Crippen molar-refractivity contribution in [3.8, 4) is 0 Å². The number of sulfonamides is 1. The van der Waals surface area contributed by atoms with E-state index in [1.165, 1.54) is 17.0 Å². The summed E-state index contributed by atoms with van der Waals surface area (Å²) in [5.41, 5.74) is 0. The third-order valence-corrected chi connectivity index (χ3v) is 5.94. The molecule has 1 aliphatic heterocycles. The Morgan fingerprint density at radius 3 is 2.12 bits per heavy atom. The van der Waals surface area contributed by atoms with Gasteiger partial charge in [0.25, 0.3) is 0 Å². The fourth-order valence-electron chi connectivity index (χ4n) is 3.25. The molecule has 0 aromatic carbocycles. The molecule has 2 rings (SSSR count). The van der Waals surface area contributed by atoms with E-state index in [2.05, 4.69) is 16.0 Å². The smallest absolute Gasteiger partial charge is 0.315 e. The van der Waals surface area contributed by atoms with E-state index in [1.807, 2.05) is 0 Å². The maximum Gasteiger partial charge on any atom is 0.315 e. The molecule has 3 amide bonds. The van der Waals surface area contributed by atoms with Crippen LogP contribution in [0.15, 0.2) is 0 Å². The van der Waals surface area contributed by atoms with Gasteiger partial charge in [0.05, 0.1) is 12.8 Å². The summed E-state index contributed by atoms with van der Waals surface area (Å²) in [5, 5.41) is 8.31. The fraction of sp³-hybridized carbons (Fsp3) is 0.867. The molecule has 0 spiro atoms. The Kier molecular flexibility index (Phi) is 6.85. The van der Waals surface area contributed by atoms with E-state index in [0.717, 1.165) is 25.7 Å². The Morgan fingerprint density at radius 2 is 1.54 bits per heavy atom. The standard InChI is InChI=1S/C15H28N4O4S/c1-24(22,23)19-9-7-13(8-10-19)18-15(21)16-11-14(20)17-12-5-3-2-4-6-12/h12-13H,2-11H2,1H3,(H,17,20)(H2,16,18,21). The van der Waals surface area contributed by atoms with Crippen LogP contribution < -0.4 is 16.0 Å². The number of nitrogens with zero attached hydrogens (tertiary/aromatic N) is 1. The molecular weight excluding hydrogens is 332 g/mol. The lowest BCUT2D eigenvalue weighted by Gasteiger charge is -2.30. The molecule has 1 aliphatic carbocycles. The van der Waals surface area contributed by atoms with E-state index in [4.69, 9.17) is 0 Å². The van der Waals surface area contributed by atoms with Crippen molar-refractivity contribution >= 4 is 22.0 Å². The van der Waals surface area contributed by atoms with Crippen molar-refractivity contribution in [3.05, 3.63) is 0 Å². The predicted octanol–water partition coefficient (Wildman–Crippen LogP) is 0.159. The summed E-state index contributed by atoms with van der Waals surface area (Å²) in [6.45, 7) is 0.780. The minimum absolute atomic E-state index is 0.0372. The average Bonchev–Trinajstić information content (AvgIpc) is 2.53. The number of urea groups is 1. The van der Waals surface area contributed by atoms with Crippen LogP contribution in [-0.4, -0.2) is 62.6 Å². The van der Waals surface area contributed by atoms with Gasteiger partial charge in [-0.15, -0.1) is 0 Å². The van der Waals surface area contributed by atoms with Crippen LogP contribution in [0.5, 0.6) is 0 Å². The van der Waals surface area contributed by atoms with Gasteiger partial charge in [-0.2, -0.15) is 0 Å². The minimum atomic E-state index is -3.16. The first-order chi connectivity index (χ1) is 11.3. The van der Waals surface area contributed by atoms with E-state index in [1.54, 1.807) is 0 Å². The Morgan fingerprint density at radius 1 is 0.958 bits per heavy atom. The zero-order valence-electron chi connectivity index (χ0n) is 14.2. The lowest BCUT2D eigenvalue weighted by molar-refractivity contribution is -0.121. The Labute approximate surface area is 143 Å². The molecule has 24 heavy (non-hydrogen) atoms. The van der Waals surface area contributed by atoms with E-state index in [0.29, 0.717) is 25.9 Å². The van der Waals surface area contributed by atoms with Crippen molar-refractivity contribution in [1.29, 1.82) is 0 Å². The predicted molar refractivity (Wildman–Crippen MR) is 91.0 cm³/mol. The van der Waals surface area contributed by atoms with Gasteiger partial charge in [-0.1, -0.05) is 19.3 Å². The highest BCUT2D eigenvalue weighted by Gasteiger charge is 2.25. The first kappa shape index (κ1) is 19.0. The van der Waals surface area contributed by atoms with Crippen LogP contribution in [0.1, 0.15) is 44.9 Å². The Bertz CT molecular complexity index is 538. The summed E-state index contributed by atoms with van der Waals surface area (Å²) in [4.78, 5) is 23.7.